The van der Waals surface area contributed by atoms with Gasteiger partial charge in [-0.15, -0.1) is 0 Å². The Morgan fingerprint density at radius 2 is 2.17 bits per heavy atom. The zero-order valence-electron chi connectivity index (χ0n) is 12.4. The van der Waals surface area contributed by atoms with E-state index in [9.17, 15) is 4.79 Å². The normalized spacial score (nSPS) is 19.8. The lowest BCUT2D eigenvalue weighted by molar-refractivity contribution is -0.127. The van der Waals surface area contributed by atoms with Gasteiger partial charge in [-0.25, -0.2) is 0 Å². The molecule has 1 rings (SSSR count). The first-order valence-electron chi connectivity index (χ1n) is 7.19. The Hall–Kier alpha value is -0.830. The molecule has 0 fully saturated rings. The Bertz CT molecular complexity index is 297. The number of amides is 1. The second kappa shape index (κ2) is 7.57. The van der Waals surface area contributed by atoms with Crippen molar-refractivity contribution in [1.82, 2.24) is 9.80 Å². The first kappa shape index (κ1) is 15.2. The SMILES string of the molecule is CCCCN(C(C)=O)C1=CCCCC1CN(C)C. The van der Waals surface area contributed by atoms with E-state index in [1.807, 2.05) is 4.90 Å². The molecule has 0 spiro atoms. The Morgan fingerprint density at radius 3 is 2.72 bits per heavy atom. The molecule has 0 aromatic rings. The molecule has 0 heterocycles. The van der Waals surface area contributed by atoms with Crippen LogP contribution >= 0.6 is 0 Å². The highest BCUT2D eigenvalue weighted by Gasteiger charge is 2.25. The van der Waals surface area contributed by atoms with Crippen LogP contribution in [0.2, 0.25) is 0 Å². The van der Waals surface area contributed by atoms with Crippen molar-refractivity contribution in [2.24, 2.45) is 5.92 Å². The summed E-state index contributed by atoms with van der Waals surface area (Å²) in [6.07, 6.45) is 8.09. The van der Waals surface area contributed by atoms with Gasteiger partial charge in [0.15, 0.2) is 0 Å². The van der Waals surface area contributed by atoms with Gasteiger partial charge in [0.25, 0.3) is 0 Å². The van der Waals surface area contributed by atoms with Crippen LogP contribution in [0.25, 0.3) is 0 Å². The fourth-order valence-corrected chi connectivity index (χ4v) is 2.67. The van der Waals surface area contributed by atoms with Crippen molar-refractivity contribution in [3.63, 3.8) is 0 Å². The van der Waals surface area contributed by atoms with Crippen LogP contribution in [-0.4, -0.2) is 42.9 Å². The van der Waals surface area contributed by atoms with Gasteiger partial charge in [0.2, 0.25) is 5.91 Å². The molecule has 0 bridgehead atoms. The summed E-state index contributed by atoms with van der Waals surface area (Å²) in [5.74, 6) is 0.717. The lowest BCUT2D eigenvalue weighted by Crippen LogP contribution is -2.37. The van der Waals surface area contributed by atoms with E-state index in [1.165, 1.54) is 18.5 Å². The summed E-state index contributed by atoms with van der Waals surface area (Å²) in [7, 11) is 4.22. The van der Waals surface area contributed by atoms with E-state index in [1.54, 1.807) is 6.92 Å². The second-order valence-corrected chi connectivity index (χ2v) is 5.54. The predicted octanol–water partition coefficient (Wildman–Crippen LogP) is 2.88. The molecule has 0 radical (unpaired) electrons. The van der Waals surface area contributed by atoms with E-state index in [0.717, 1.165) is 32.4 Å². The lowest BCUT2D eigenvalue weighted by Gasteiger charge is -2.34. The van der Waals surface area contributed by atoms with Crippen molar-refractivity contribution in [3.8, 4) is 0 Å². The van der Waals surface area contributed by atoms with Crippen molar-refractivity contribution >= 4 is 5.91 Å². The van der Waals surface area contributed by atoms with Crippen LogP contribution in [-0.2, 0) is 4.79 Å². The fraction of sp³-hybridized carbons (Fsp3) is 0.800. The standard InChI is InChI=1S/C15H28N2O/c1-5-6-11-17(13(2)18)15-10-8-7-9-14(15)12-16(3)4/h10,14H,5-9,11-12H2,1-4H3. The van der Waals surface area contributed by atoms with E-state index in [-0.39, 0.29) is 5.91 Å². The number of hydrogen-bond acceptors (Lipinski definition) is 2. The molecule has 0 aromatic heterocycles. The third-order valence-electron chi connectivity index (χ3n) is 3.54. The number of allylic oxidation sites excluding steroid dienone is 1. The van der Waals surface area contributed by atoms with Crippen molar-refractivity contribution in [3.05, 3.63) is 11.8 Å². The fourth-order valence-electron chi connectivity index (χ4n) is 2.67. The van der Waals surface area contributed by atoms with Crippen LogP contribution in [0.1, 0.15) is 46.0 Å². The van der Waals surface area contributed by atoms with Gasteiger partial charge in [0.1, 0.15) is 0 Å². The van der Waals surface area contributed by atoms with Gasteiger partial charge in [-0.2, -0.15) is 0 Å². The molecule has 1 atom stereocenters. The topological polar surface area (TPSA) is 23.6 Å². The molecule has 0 aliphatic heterocycles. The number of hydrogen-bond donors (Lipinski definition) is 0. The zero-order valence-corrected chi connectivity index (χ0v) is 12.4. The molecule has 1 unspecified atom stereocenters. The zero-order chi connectivity index (χ0) is 13.5. The number of carbonyl (C=O) groups is 1. The maximum atomic E-state index is 11.9. The number of rotatable bonds is 6. The molecular formula is C15H28N2O. The molecule has 3 heteroatoms. The molecule has 1 aliphatic carbocycles. The van der Waals surface area contributed by atoms with Crippen LogP contribution in [0.3, 0.4) is 0 Å². The minimum Gasteiger partial charge on any atom is -0.316 e. The molecule has 0 N–H and O–H groups in total. The highest BCUT2D eigenvalue weighted by Crippen LogP contribution is 2.28. The minimum absolute atomic E-state index is 0.195. The average Bonchev–Trinajstić information content (AvgIpc) is 2.30. The highest BCUT2D eigenvalue weighted by molar-refractivity contribution is 5.75. The third kappa shape index (κ3) is 4.45. The van der Waals surface area contributed by atoms with Crippen LogP contribution in [0, 0.1) is 5.92 Å². The highest BCUT2D eigenvalue weighted by atomic mass is 16.2. The van der Waals surface area contributed by atoms with Gasteiger partial charge in [0, 0.05) is 31.6 Å². The van der Waals surface area contributed by atoms with E-state index in [0.29, 0.717) is 5.92 Å². The van der Waals surface area contributed by atoms with Crippen LogP contribution < -0.4 is 0 Å². The maximum Gasteiger partial charge on any atom is 0.223 e. The second-order valence-electron chi connectivity index (χ2n) is 5.54. The average molecular weight is 252 g/mol. The maximum absolute atomic E-state index is 11.9. The van der Waals surface area contributed by atoms with Crippen molar-refractivity contribution in [2.75, 3.05) is 27.2 Å². The van der Waals surface area contributed by atoms with E-state index >= 15 is 0 Å². The minimum atomic E-state index is 0.195. The van der Waals surface area contributed by atoms with Crippen LogP contribution in [0.5, 0.6) is 0 Å². The summed E-state index contributed by atoms with van der Waals surface area (Å²) in [6, 6.07) is 0. The van der Waals surface area contributed by atoms with E-state index in [2.05, 4.69) is 32.0 Å². The number of carbonyl (C=O) groups excluding carboxylic acids is 1. The molecule has 0 saturated heterocycles. The van der Waals surface area contributed by atoms with Crippen molar-refractivity contribution in [1.29, 1.82) is 0 Å². The van der Waals surface area contributed by atoms with Gasteiger partial charge < -0.3 is 9.80 Å². The summed E-state index contributed by atoms with van der Waals surface area (Å²) in [5.41, 5.74) is 1.27. The summed E-state index contributed by atoms with van der Waals surface area (Å²) < 4.78 is 0. The monoisotopic (exact) mass is 252 g/mol. The smallest absolute Gasteiger partial charge is 0.223 e. The summed E-state index contributed by atoms with van der Waals surface area (Å²) in [4.78, 5) is 16.1. The van der Waals surface area contributed by atoms with Gasteiger partial charge in [0.05, 0.1) is 0 Å². The third-order valence-corrected chi connectivity index (χ3v) is 3.54. The Morgan fingerprint density at radius 1 is 1.44 bits per heavy atom. The Labute approximate surface area is 112 Å². The summed E-state index contributed by atoms with van der Waals surface area (Å²) >= 11 is 0. The van der Waals surface area contributed by atoms with Gasteiger partial charge in [-0.05, 0) is 39.8 Å². The molecular weight excluding hydrogens is 224 g/mol. The largest absolute Gasteiger partial charge is 0.316 e. The molecule has 1 aliphatic rings. The van der Waals surface area contributed by atoms with Gasteiger partial charge in [-0.1, -0.05) is 19.4 Å². The molecule has 0 saturated carbocycles. The number of unbranched alkanes of at least 4 members (excludes halogenated alkanes) is 1. The van der Waals surface area contributed by atoms with Crippen molar-refractivity contribution in [2.45, 2.75) is 46.0 Å². The summed E-state index contributed by atoms with van der Waals surface area (Å²) in [6.45, 7) is 5.78. The van der Waals surface area contributed by atoms with Gasteiger partial charge >= 0.3 is 0 Å². The first-order valence-corrected chi connectivity index (χ1v) is 7.19. The molecule has 3 nitrogen and oxygen atoms in total. The molecule has 18 heavy (non-hydrogen) atoms. The van der Waals surface area contributed by atoms with Crippen LogP contribution in [0.15, 0.2) is 11.8 Å². The number of nitrogens with zero attached hydrogens (tertiary/aromatic N) is 2. The Balaban J connectivity index is 2.78. The summed E-state index contributed by atoms with van der Waals surface area (Å²) in [5, 5.41) is 0. The quantitative estimate of drug-likeness (QED) is 0.725. The van der Waals surface area contributed by atoms with Crippen LogP contribution in [0.4, 0.5) is 0 Å². The van der Waals surface area contributed by atoms with E-state index in [4.69, 9.17) is 0 Å². The lowest BCUT2D eigenvalue weighted by atomic mass is 9.90. The van der Waals surface area contributed by atoms with E-state index < -0.39 is 0 Å². The van der Waals surface area contributed by atoms with Crippen molar-refractivity contribution < 1.29 is 4.79 Å². The first-order chi connectivity index (χ1) is 8.56. The molecule has 1 amide bonds. The molecule has 104 valence electrons. The van der Waals surface area contributed by atoms with Gasteiger partial charge in [-0.3, -0.25) is 4.79 Å². The molecule has 0 aromatic carbocycles. The predicted molar refractivity (Wildman–Crippen MR) is 76.3 cm³/mol. The Kier molecular flexibility index (Phi) is 6.41.